The molecular weight excluding hydrogens is 400 g/mol. The number of aromatic nitrogens is 2. The van der Waals surface area contributed by atoms with E-state index in [-0.39, 0.29) is 16.8 Å². The standard InChI is InChI=1S/C18H20N4O4S2/c1-10-13-9-16(27-18(13)22(2)20-10)17(23)19-14-8-12(6-7-15(14)26-3)28(24,25)21-11-4-5-11/h6-9,11,21H,4-5H2,1-3H3,(H,19,23). The van der Waals surface area contributed by atoms with Gasteiger partial charge in [-0.05, 0) is 44.0 Å². The maximum absolute atomic E-state index is 12.8. The third-order valence-corrected chi connectivity index (χ3v) is 7.27. The molecule has 3 aromatic rings. The van der Waals surface area contributed by atoms with Crippen molar-refractivity contribution >= 4 is 43.2 Å². The second-order valence-corrected chi connectivity index (χ2v) is 9.49. The van der Waals surface area contributed by atoms with Crippen LogP contribution < -0.4 is 14.8 Å². The average molecular weight is 421 g/mol. The lowest BCUT2D eigenvalue weighted by molar-refractivity contribution is 0.103. The van der Waals surface area contributed by atoms with Crippen molar-refractivity contribution < 1.29 is 17.9 Å². The van der Waals surface area contributed by atoms with Crippen molar-refractivity contribution in [3.63, 3.8) is 0 Å². The van der Waals surface area contributed by atoms with Crippen LogP contribution in [0.15, 0.2) is 29.2 Å². The third kappa shape index (κ3) is 3.50. The molecule has 1 aromatic carbocycles. The van der Waals surface area contributed by atoms with Crippen LogP contribution in [0.1, 0.15) is 28.2 Å². The summed E-state index contributed by atoms with van der Waals surface area (Å²) in [5.41, 5.74) is 1.16. The molecule has 2 heterocycles. The number of amides is 1. The molecule has 10 heteroatoms. The van der Waals surface area contributed by atoms with E-state index in [1.807, 2.05) is 14.0 Å². The molecule has 4 rings (SSSR count). The molecule has 0 aliphatic heterocycles. The lowest BCUT2D eigenvalue weighted by Crippen LogP contribution is -2.25. The smallest absolute Gasteiger partial charge is 0.265 e. The predicted molar refractivity (Wildman–Crippen MR) is 108 cm³/mol. The van der Waals surface area contributed by atoms with Crippen molar-refractivity contribution in [2.24, 2.45) is 7.05 Å². The van der Waals surface area contributed by atoms with E-state index in [0.717, 1.165) is 28.8 Å². The molecule has 1 fully saturated rings. The molecular formula is C18H20N4O4S2. The number of carbonyl (C=O) groups is 1. The first-order chi connectivity index (χ1) is 13.3. The van der Waals surface area contributed by atoms with E-state index in [2.05, 4.69) is 15.1 Å². The van der Waals surface area contributed by atoms with E-state index < -0.39 is 10.0 Å². The number of nitrogens with one attached hydrogen (secondary N) is 2. The van der Waals surface area contributed by atoms with Crippen LogP contribution in [0.2, 0.25) is 0 Å². The van der Waals surface area contributed by atoms with Gasteiger partial charge in [0.25, 0.3) is 5.91 Å². The Balaban J connectivity index is 1.64. The van der Waals surface area contributed by atoms with Gasteiger partial charge in [0, 0.05) is 18.5 Å². The maximum atomic E-state index is 12.8. The molecule has 1 saturated carbocycles. The van der Waals surface area contributed by atoms with Gasteiger partial charge in [0.2, 0.25) is 10.0 Å². The largest absolute Gasteiger partial charge is 0.495 e. The van der Waals surface area contributed by atoms with Gasteiger partial charge in [-0.3, -0.25) is 9.48 Å². The highest BCUT2D eigenvalue weighted by Crippen LogP contribution is 2.32. The number of methoxy groups -OCH3 is 1. The van der Waals surface area contributed by atoms with Crippen LogP contribution in [0.4, 0.5) is 5.69 Å². The Morgan fingerprint density at radius 2 is 2.07 bits per heavy atom. The minimum atomic E-state index is -3.63. The first kappa shape index (κ1) is 18.9. The van der Waals surface area contributed by atoms with E-state index in [0.29, 0.717) is 16.3 Å². The fourth-order valence-electron chi connectivity index (χ4n) is 2.94. The van der Waals surface area contributed by atoms with Gasteiger partial charge >= 0.3 is 0 Å². The van der Waals surface area contributed by atoms with Crippen molar-refractivity contribution in [3.05, 3.63) is 34.8 Å². The molecule has 1 aliphatic carbocycles. The Hall–Kier alpha value is -2.43. The summed E-state index contributed by atoms with van der Waals surface area (Å²) in [6, 6.07) is 6.21. The van der Waals surface area contributed by atoms with Gasteiger partial charge in [0.05, 0.1) is 28.3 Å². The van der Waals surface area contributed by atoms with Gasteiger partial charge in [0.1, 0.15) is 10.6 Å². The zero-order chi connectivity index (χ0) is 20.1. The summed E-state index contributed by atoms with van der Waals surface area (Å²) < 4.78 is 34.6. The van der Waals surface area contributed by atoms with Gasteiger partial charge in [-0.2, -0.15) is 5.10 Å². The van der Waals surface area contributed by atoms with Crippen LogP contribution in [0.5, 0.6) is 5.75 Å². The van der Waals surface area contributed by atoms with Crippen molar-refractivity contribution in [1.82, 2.24) is 14.5 Å². The van der Waals surface area contributed by atoms with Gasteiger partial charge in [0.15, 0.2) is 0 Å². The summed E-state index contributed by atoms with van der Waals surface area (Å²) >= 11 is 1.33. The lowest BCUT2D eigenvalue weighted by Gasteiger charge is -2.12. The minimum absolute atomic E-state index is 0.000500. The molecule has 0 radical (unpaired) electrons. The van der Waals surface area contributed by atoms with Crippen molar-refractivity contribution in [2.45, 2.75) is 30.7 Å². The van der Waals surface area contributed by atoms with Crippen LogP contribution >= 0.6 is 11.3 Å². The number of thiophene rings is 1. The number of sulfonamides is 1. The van der Waals surface area contributed by atoms with Gasteiger partial charge in [-0.1, -0.05) is 0 Å². The molecule has 1 aliphatic rings. The number of nitrogens with zero attached hydrogens (tertiary/aromatic N) is 2. The molecule has 148 valence electrons. The number of hydrogen-bond donors (Lipinski definition) is 2. The van der Waals surface area contributed by atoms with Gasteiger partial charge < -0.3 is 10.1 Å². The fourth-order valence-corrected chi connectivity index (χ4v) is 5.29. The van der Waals surface area contributed by atoms with Crippen molar-refractivity contribution in [3.8, 4) is 5.75 Å². The lowest BCUT2D eigenvalue weighted by atomic mass is 10.2. The second-order valence-electron chi connectivity index (χ2n) is 6.75. The number of anilines is 1. The molecule has 0 unspecified atom stereocenters. The Kier molecular flexibility index (Phi) is 4.64. The zero-order valence-electron chi connectivity index (χ0n) is 15.6. The number of aryl methyl sites for hydroxylation is 2. The Morgan fingerprint density at radius 1 is 1.32 bits per heavy atom. The topological polar surface area (TPSA) is 102 Å². The summed E-state index contributed by atoms with van der Waals surface area (Å²) in [7, 11) is -0.334. The molecule has 2 aromatic heterocycles. The SMILES string of the molecule is COc1ccc(S(=O)(=O)NC2CC2)cc1NC(=O)c1cc2c(C)nn(C)c2s1. The van der Waals surface area contributed by atoms with Crippen LogP contribution in [0.25, 0.3) is 10.2 Å². The molecule has 28 heavy (non-hydrogen) atoms. The summed E-state index contributed by atoms with van der Waals surface area (Å²) in [5, 5.41) is 8.03. The number of rotatable bonds is 6. The van der Waals surface area contributed by atoms with Crippen LogP contribution in [0.3, 0.4) is 0 Å². The summed E-state index contributed by atoms with van der Waals surface area (Å²) in [6.07, 6.45) is 1.69. The molecule has 0 spiro atoms. The predicted octanol–water partition coefficient (Wildman–Crippen LogP) is 2.64. The quantitative estimate of drug-likeness (QED) is 0.638. The summed E-state index contributed by atoms with van der Waals surface area (Å²) in [6.45, 7) is 1.89. The highest BCUT2D eigenvalue weighted by atomic mass is 32.2. The zero-order valence-corrected chi connectivity index (χ0v) is 17.3. The number of carbonyl (C=O) groups excluding carboxylic acids is 1. The Bertz CT molecular complexity index is 1140. The van der Waals surface area contributed by atoms with E-state index in [9.17, 15) is 13.2 Å². The Morgan fingerprint density at radius 3 is 2.71 bits per heavy atom. The van der Waals surface area contributed by atoms with Gasteiger partial charge in [-0.15, -0.1) is 11.3 Å². The summed E-state index contributed by atoms with van der Waals surface area (Å²) in [5.74, 6) is 0.0567. The normalized spacial score (nSPS) is 14.4. The highest BCUT2D eigenvalue weighted by Gasteiger charge is 2.28. The van der Waals surface area contributed by atoms with Crippen LogP contribution in [-0.2, 0) is 17.1 Å². The monoisotopic (exact) mass is 420 g/mol. The third-order valence-electron chi connectivity index (χ3n) is 4.55. The summed E-state index contributed by atoms with van der Waals surface area (Å²) in [4.78, 5) is 14.3. The average Bonchev–Trinajstić information content (AvgIpc) is 3.25. The maximum Gasteiger partial charge on any atom is 0.265 e. The molecule has 1 amide bonds. The van der Waals surface area contributed by atoms with E-state index >= 15 is 0 Å². The van der Waals surface area contributed by atoms with Crippen molar-refractivity contribution in [2.75, 3.05) is 12.4 Å². The molecule has 0 atom stereocenters. The molecule has 2 N–H and O–H groups in total. The van der Waals surface area contributed by atoms with E-state index in [4.69, 9.17) is 4.74 Å². The van der Waals surface area contributed by atoms with Crippen LogP contribution in [0, 0.1) is 6.92 Å². The number of benzene rings is 1. The molecule has 8 nitrogen and oxygen atoms in total. The van der Waals surface area contributed by atoms with Gasteiger partial charge in [-0.25, -0.2) is 13.1 Å². The first-order valence-electron chi connectivity index (χ1n) is 8.73. The van der Waals surface area contributed by atoms with E-state index in [1.54, 1.807) is 10.7 Å². The van der Waals surface area contributed by atoms with Crippen LogP contribution in [-0.4, -0.2) is 37.3 Å². The fraction of sp³-hybridized carbons (Fsp3) is 0.333. The van der Waals surface area contributed by atoms with Crippen molar-refractivity contribution in [1.29, 1.82) is 0 Å². The number of hydrogen-bond acceptors (Lipinski definition) is 6. The minimum Gasteiger partial charge on any atom is -0.495 e. The second kappa shape index (κ2) is 6.87. The Labute approximate surface area is 166 Å². The molecule has 0 bridgehead atoms. The highest BCUT2D eigenvalue weighted by molar-refractivity contribution is 7.89. The molecule has 0 saturated heterocycles. The number of ether oxygens (including phenoxy) is 1. The first-order valence-corrected chi connectivity index (χ1v) is 11.0. The van der Waals surface area contributed by atoms with E-state index in [1.165, 1.54) is 36.6 Å². The number of fused-ring (bicyclic) bond motifs is 1.